The molecule has 0 spiro atoms. The molecule has 0 radical (unpaired) electrons. The minimum Gasteiger partial charge on any atom is -0.487 e. The Morgan fingerprint density at radius 2 is 1.58 bits per heavy atom. The molecule has 2 aromatic carbocycles. The Hall–Kier alpha value is -6.62. The molecule has 6 aromatic rings. The van der Waals surface area contributed by atoms with Crippen LogP contribution in [0.25, 0.3) is 32.9 Å². The summed E-state index contributed by atoms with van der Waals surface area (Å²) in [7, 11) is 0. The lowest BCUT2D eigenvalue weighted by Gasteiger charge is -2.35. The maximum Gasteiger partial charge on any atom is 0.406 e. The number of rotatable bonds is 14. The van der Waals surface area contributed by atoms with E-state index in [2.05, 4.69) is 36.6 Å². The SMILES string of the molecule is C=C1CCC(N2Cc3cc(OCC(F)(F)COc4ccc(N5CCN(CCCc6ccc(-c7ccc8c9cnccc9n(CC(F)(F)F)c8c7)cn6)CC5)nc4)ccc3C2=O)C(=O)N1. The number of anilines is 1. The molecule has 0 bridgehead atoms. The van der Waals surface area contributed by atoms with E-state index < -0.39 is 37.9 Å². The first-order valence-corrected chi connectivity index (χ1v) is 21.1. The van der Waals surface area contributed by atoms with Gasteiger partial charge in [0.1, 0.15) is 29.9 Å². The van der Waals surface area contributed by atoms with Crippen molar-refractivity contribution in [2.24, 2.45) is 0 Å². The molecule has 4 aromatic heterocycles. The van der Waals surface area contributed by atoms with E-state index in [-0.39, 0.29) is 29.9 Å². The van der Waals surface area contributed by atoms with Crippen LogP contribution < -0.4 is 19.7 Å². The van der Waals surface area contributed by atoms with Crippen LogP contribution in [-0.4, -0.2) is 105 Å². The average Bonchev–Trinajstić information content (AvgIpc) is 3.77. The van der Waals surface area contributed by atoms with E-state index >= 15 is 0 Å². The number of amides is 2. The molecule has 3 aliphatic heterocycles. The number of carbonyl (C=O) groups is 2. The first-order chi connectivity index (χ1) is 30.8. The number of benzene rings is 2. The predicted octanol–water partition coefficient (Wildman–Crippen LogP) is 7.80. The Kier molecular flexibility index (Phi) is 11.7. The fraction of sp³-hybridized carbons (Fsp3) is 0.340. The first kappa shape index (κ1) is 42.7. The van der Waals surface area contributed by atoms with Gasteiger partial charge in [0.15, 0.2) is 13.2 Å². The van der Waals surface area contributed by atoms with Gasteiger partial charge in [-0.3, -0.25) is 24.5 Å². The number of allylic oxidation sites excluding steroid dienone is 1. The van der Waals surface area contributed by atoms with Crippen LogP contribution in [0.1, 0.15) is 40.9 Å². The van der Waals surface area contributed by atoms with Gasteiger partial charge in [0, 0.05) is 84.6 Å². The molecule has 0 saturated carbocycles. The summed E-state index contributed by atoms with van der Waals surface area (Å²) in [6.07, 6.45) is 4.64. The number of hydrogen-bond donors (Lipinski definition) is 1. The summed E-state index contributed by atoms with van der Waals surface area (Å²) in [6, 6.07) is 18.4. The van der Waals surface area contributed by atoms with Crippen molar-refractivity contribution in [3.8, 4) is 22.6 Å². The second-order valence-corrected chi connectivity index (χ2v) is 16.5. The summed E-state index contributed by atoms with van der Waals surface area (Å²) in [5.74, 6) is -2.76. The maximum absolute atomic E-state index is 14.9. The zero-order chi connectivity index (χ0) is 44.6. The van der Waals surface area contributed by atoms with Gasteiger partial charge in [-0.15, -0.1) is 0 Å². The van der Waals surface area contributed by atoms with Crippen molar-refractivity contribution in [1.82, 2.24) is 34.6 Å². The van der Waals surface area contributed by atoms with Crippen molar-refractivity contribution in [2.75, 3.05) is 50.8 Å². The minimum absolute atomic E-state index is 0.183. The van der Waals surface area contributed by atoms with Crippen molar-refractivity contribution in [3.05, 3.63) is 121 Å². The van der Waals surface area contributed by atoms with E-state index in [0.29, 0.717) is 46.1 Å². The number of alkyl halides is 5. The molecule has 12 nitrogen and oxygen atoms in total. The van der Waals surface area contributed by atoms with Crippen LogP contribution in [0.5, 0.6) is 11.5 Å². The van der Waals surface area contributed by atoms with Crippen molar-refractivity contribution in [1.29, 1.82) is 0 Å². The zero-order valence-corrected chi connectivity index (χ0v) is 34.8. The highest BCUT2D eigenvalue weighted by molar-refractivity contribution is 6.08. The van der Waals surface area contributed by atoms with Crippen LogP contribution in [0.2, 0.25) is 0 Å². The Morgan fingerprint density at radius 3 is 2.31 bits per heavy atom. The molecule has 1 unspecified atom stereocenters. The lowest BCUT2D eigenvalue weighted by Crippen LogP contribution is -2.49. The number of nitrogens with one attached hydrogen (secondary N) is 1. The van der Waals surface area contributed by atoms with Crippen molar-refractivity contribution in [3.63, 3.8) is 0 Å². The molecule has 7 heterocycles. The molecule has 1 N–H and O–H groups in total. The van der Waals surface area contributed by atoms with E-state index in [1.165, 1.54) is 34.0 Å². The molecule has 3 aliphatic rings. The predicted molar refractivity (Wildman–Crippen MR) is 230 cm³/mol. The molecule has 9 rings (SSSR count). The van der Waals surface area contributed by atoms with Crippen LogP contribution in [0.4, 0.5) is 27.8 Å². The van der Waals surface area contributed by atoms with Gasteiger partial charge >= 0.3 is 12.1 Å². The Labute approximate surface area is 365 Å². The molecule has 332 valence electrons. The fourth-order valence-corrected chi connectivity index (χ4v) is 8.68. The number of hydrogen-bond acceptors (Lipinski definition) is 9. The smallest absolute Gasteiger partial charge is 0.406 e. The van der Waals surface area contributed by atoms with E-state index in [4.69, 9.17) is 9.47 Å². The summed E-state index contributed by atoms with van der Waals surface area (Å²) < 4.78 is 82.5. The van der Waals surface area contributed by atoms with Gasteiger partial charge in [-0.05, 0) is 91.9 Å². The van der Waals surface area contributed by atoms with Crippen molar-refractivity contribution in [2.45, 2.75) is 56.9 Å². The second kappa shape index (κ2) is 17.5. The third-order valence-electron chi connectivity index (χ3n) is 12.0. The quantitative estimate of drug-likeness (QED) is 0.109. The summed E-state index contributed by atoms with van der Waals surface area (Å²) in [4.78, 5) is 44.7. The van der Waals surface area contributed by atoms with Crippen molar-refractivity contribution >= 4 is 39.4 Å². The number of nitrogens with zero attached hydrogens (tertiary/aromatic N) is 7. The van der Waals surface area contributed by atoms with Crippen LogP contribution in [0, 0.1) is 0 Å². The molecular weight excluding hydrogens is 836 g/mol. The first-order valence-electron chi connectivity index (χ1n) is 21.1. The molecular formula is C47H45F5N8O4. The molecule has 2 saturated heterocycles. The molecule has 64 heavy (non-hydrogen) atoms. The van der Waals surface area contributed by atoms with Crippen LogP contribution in [0.3, 0.4) is 0 Å². The summed E-state index contributed by atoms with van der Waals surface area (Å²) in [5.41, 5.74) is 5.16. The highest BCUT2D eigenvalue weighted by atomic mass is 19.4. The number of aryl methyl sites for hydroxylation is 1. The highest BCUT2D eigenvalue weighted by Crippen LogP contribution is 2.35. The highest BCUT2D eigenvalue weighted by Gasteiger charge is 2.39. The molecule has 2 fully saturated rings. The van der Waals surface area contributed by atoms with E-state index in [0.717, 1.165) is 73.6 Å². The van der Waals surface area contributed by atoms with E-state index in [1.54, 1.807) is 42.7 Å². The maximum atomic E-state index is 14.9. The third kappa shape index (κ3) is 9.35. The van der Waals surface area contributed by atoms with Gasteiger partial charge in [-0.2, -0.15) is 22.0 Å². The molecule has 17 heteroatoms. The monoisotopic (exact) mass is 880 g/mol. The zero-order valence-electron chi connectivity index (χ0n) is 34.8. The Morgan fingerprint density at radius 1 is 0.797 bits per heavy atom. The molecule has 0 aliphatic carbocycles. The Balaban J connectivity index is 0.704. The van der Waals surface area contributed by atoms with Crippen LogP contribution >= 0.6 is 0 Å². The lowest BCUT2D eigenvalue weighted by molar-refractivity contribution is -0.139. The van der Waals surface area contributed by atoms with Gasteiger partial charge in [0.05, 0.1) is 17.2 Å². The van der Waals surface area contributed by atoms with Gasteiger partial charge in [0.2, 0.25) is 5.91 Å². The average molecular weight is 881 g/mol. The van der Waals surface area contributed by atoms with Crippen LogP contribution in [0.15, 0.2) is 104 Å². The molecule has 2 amide bonds. The number of piperidine rings is 1. The van der Waals surface area contributed by atoms with Gasteiger partial charge in [-0.25, -0.2) is 4.98 Å². The number of carbonyl (C=O) groups excluding carboxylic acids is 2. The van der Waals surface area contributed by atoms with Gasteiger partial charge in [0.25, 0.3) is 5.91 Å². The van der Waals surface area contributed by atoms with E-state index in [9.17, 15) is 31.5 Å². The number of ether oxygens (including phenoxy) is 2. The summed E-state index contributed by atoms with van der Waals surface area (Å²) in [5, 5.41) is 4.09. The van der Waals surface area contributed by atoms with Gasteiger partial charge < -0.3 is 29.2 Å². The topological polar surface area (TPSA) is 118 Å². The Bertz CT molecular complexity index is 2700. The number of fused-ring (bicyclic) bond motifs is 4. The standard InChI is InChI=1S/C47H45F5N8O4/c1-30-4-12-41(44(61)56-30)59-26-33-21-35(8-11-37(33)45(59)62)63-28-46(48,49)29-64-36-9-13-43(55-24-36)58-19-17-57(18-20-58)16-2-3-34-7-5-32(23-54-34)31-6-10-38-39-25-53-15-14-40(39)60(42(38)22-31)27-47(50,51)52/h5-11,13-15,21-25,41H,1-4,12,16-20,26-29H2,(H,56,61). The van der Waals surface area contributed by atoms with Crippen LogP contribution in [-0.2, 0) is 24.3 Å². The molecule has 1 atom stereocenters. The second-order valence-electron chi connectivity index (χ2n) is 16.5. The van der Waals surface area contributed by atoms with E-state index in [1.807, 2.05) is 24.3 Å². The minimum atomic E-state index is -4.38. The summed E-state index contributed by atoms with van der Waals surface area (Å²) >= 11 is 0. The van der Waals surface area contributed by atoms with Gasteiger partial charge in [-0.1, -0.05) is 24.8 Å². The fourth-order valence-electron chi connectivity index (χ4n) is 8.68. The lowest BCUT2D eigenvalue weighted by atomic mass is 10.0. The number of aromatic nitrogens is 4. The number of piperazine rings is 1. The van der Waals surface area contributed by atoms with Crippen molar-refractivity contribution < 1.29 is 41.0 Å². The largest absolute Gasteiger partial charge is 0.487 e. The number of halogens is 5. The normalized spacial score (nSPS) is 17.3. The third-order valence-corrected chi connectivity index (χ3v) is 12.0. The number of pyridine rings is 3. The summed E-state index contributed by atoms with van der Waals surface area (Å²) in [6.45, 7) is 5.06.